The minimum Gasteiger partial charge on any atom is -0.478 e. The first kappa shape index (κ1) is 14.1. The molecule has 2 rings (SSSR count). The molecule has 104 valence electrons. The summed E-state index contributed by atoms with van der Waals surface area (Å²) >= 11 is 5.81. The summed E-state index contributed by atoms with van der Waals surface area (Å²) in [5.41, 5.74) is 0.164. The highest BCUT2D eigenvalue weighted by atomic mass is 35.5. The number of rotatable bonds is 4. The van der Waals surface area contributed by atoms with E-state index in [1.807, 2.05) is 0 Å². The van der Waals surface area contributed by atoms with Gasteiger partial charge in [-0.2, -0.15) is 0 Å². The van der Waals surface area contributed by atoms with E-state index in [-0.39, 0.29) is 5.56 Å². The van der Waals surface area contributed by atoms with Crippen molar-refractivity contribution in [1.29, 1.82) is 0 Å². The van der Waals surface area contributed by atoms with Gasteiger partial charge in [0.1, 0.15) is 16.5 Å². The molecule has 0 aromatic carbocycles. The van der Waals surface area contributed by atoms with E-state index < -0.39 is 5.97 Å². The standard InChI is InChI=1S/C13H18ClN3O2/c1-17-6-4-9(5-7-17)8-15-12-10(13(18)19)2-3-11(14)16-12/h2-3,9H,4-8H2,1H3,(H,15,16)(H,18,19). The van der Waals surface area contributed by atoms with Crippen molar-refractivity contribution >= 4 is 23.4 Å². The van der Waals surface area contributed by atoms with Gasteiger partial charge in [-0.3, -0.25) is 0 Å². The summed E-state index contributed by atoms with van der Waals surface area (Å²) in [4.78, 5) is 17.5. The summed E-state index contributed by atoms with van der Waals surface area (Å²) in [6.07, 6.45) is 2.24. The Morgan fingerprint density at radius 1 is 1.53 bits per heavy atom. The minimum atomic E-state index is -0.991. The molecule has 0 radical (unpaired) electrons. The molecule has 1 aliphatic rings. The number of nitrogens with one attached hydrogen (secondary N) is 1. The van der Waals surface area contributed by atoms with Gasteiger partial charge >= 0.3 is 5.97 Å². The highest BCUT2D eigenvalue weighted by Gasteiger charge is 2.18. The zero-order valence-corrected chi connectivity index (χ0v) is 11.7. The number of carboxylic acids is 1. The van der Waals surface area contributed by atoms with Crippen molar-refractivity contribution in [3.63, 3.8) is 0 Å². The monoisotopic (exact) mass is 283 g/mol. The van der Waals surface area contributed by atoms with E-state index in [1.54, 1.807) is 0 Å². The molecule has 1 fully saturated rings. The van der Waals surface area contributed by atoms with Crippen molar-refractivity contribution in [3.8, 4) is 0 Å². The van der Waals surface area contributed by atoms with Crippen LogP contribution >= 0.6 is 11.6 Å². The molecule has 2 N–H and O–H groups in total. The predicted molar refractivity (Wildman–Crippen MR) is 74.9 cm³/mol. The van der Waals surface area contributed by atoms with Gasteiger partial charge in [-0.05, 0) is 51.0 Å². The molecule has 0 unspecified atom stereocenters. The molecule has 1 saturated heterocycles. The second-order valence-corrected chi connectivity index (χ2v) is 5.35. The van der Waals surface area contributed by atoms with Crippen molar-refractivity contribution in [2.45, 2.75) is 12.8 Å². The van der Waals surface area contributed by atoms with E-state index >= 15 is 0 Å². The van der Waals surface area contributed by atoms with Crippen LogP contribution in [0.25, 0.3) is 0 Å². The molecule has 19 heavy (non-hydrogen) atoms. The molecule has 1 aliphatic heterocycles. The summed E-state index contributed by atoms with van der Waals surface area (Å²) in [6, 6.07) is 2.97. The highest BCUT2D eigenvalue weighted by Crippen LogP contribution is 2.20. The molecule has 6 heteroatoms. The van der Waals surface area contributed by atoms with Crippen LogP contribution in [0.5, 0.6) is 0 Å². The predicted octanol–water partition coefficient (Wildman–Crippen LogP) is 2.19. The maximum absolute atomic E-state index is 11.1. The van der Waals surface area contributed by atoms with Gasteiger partial charge in [-0.25, -0.2) is 9.78 Å². The fourth-order valence-corrected chi connectivity index (χ4v) is 2.40. The molecule has 1 aromatic rings. The van der Waals surface area contributed by atoms with Gasteiger partial charge in [0.2, 0.25) is 0 Å². The van der Waals surface area contributed by atoms with E-state index in [1.165, 1.54) is 12.1 Å². The Morgan fingerprint density at radius 3 is 2.84 bits per heavy atom. The van der Waals surface area contributed by atoms with E-state index in [0.717, 1.165) is 32.5 Å². The maximum atomic E-state index is 11.1. The third-order valence-electron chi connectivity index (χ3n) is 3.49. The molecule has 1 aromatic heterocycles. The fraction of sp³-hybridized carbons (Fsp3) is 0.538. The SMILES string of the molecule is CN1CCC(CNc2nc(Cl)ccc2C(=O)O)CC1. The van der Waals surface area contributed by atoms with Crippen LogP contribution < -0.4 is 5.32 Å². The van der Waals surface area contributed by atoms with Crippen molar-refractivity contribution in [2.75, 3.05) is 32.0 Å². The molecule has 0 saturated carbocycles. The van der Waals surface area contributed by atoms with Crippen LogP contribution in [0.4, 0.5) is 5.82 Å². The Hall–Kier alpha value is -1.33. The molecule has 0 aliphatic carbocycles. The number of anilines is 1. The summed E-state index contributed by atoms with van der Waals surface area (Å²) in [7, 11) is 2.12. The summed E-state index contributed by atoms with van der Waals surface area (Å²) in [5, 5.41) is 12.5. The normalized spacial score (nSPS) is 17.4. The number of piperidine rings is 1. The Labute approximate surface area is 117 Å². The largest absolute Gasteiger partial charge is 0.478 e. The van der Waals surface area contributed by atoms with Crippen LogP contribution in [0.2, 0.25) is 5.15 Å². The summed E-state index contributed by atoms with van der Waals surface area (Å²) in [5.74, 6) is -0.0763. The number of hydrogen-bond acceptors (Lipinski definition) is 4. The number of likely N-dealkylation sites (tertiary alicyclic amines) is 1. The van der Waals surface area contributed by atoms with Crippen LogP contribution in [0, 0.1) is 5.92 Å². The number of carboxylic acid groups (broad SMARTS) is 1. The van der Waals surface area contributed by atoms with Crippen LogP contribution in [0.15, 0.2) is 12.1 Å². The van der Waals surface area contributed by atoms with Gasteiger partial charge in [-0.15, -0.1) is 0 Å². The fourth-order valence-electron chi connectivity index (χ4n) is 2.25. The lowest BCUT2D eigenvalue weighted by Gasteiger charge is -2.29. The van der Waals surface area contributed by atoms with E-state index in [4.69, 9.17) is 16.7 Å². The van der Waals surface area contributed by atoms with Crippen molar-refractivity contribution < 1.29 is 9.90 Å². The van der Waals surface area contributed by atoms with Crippen molar-refractivity contribution in [1.82, 2.24) is 9.88 Å². The van der Waals surface area contributed by atoms with Crippen molar-refractivity contribution in [2.24, 2.45) is 5.92 Å². The first-order valence-electron chi connectivity index (χ1n) is 6.38. The first-order chi connectivity index (χ1) is 9.06. The van der Waals surface area contributed by atoms with Crippen LogP contribution in [0.3, 0.4) is 0 Å². The lowest BCUT2D eigenvalue weighted by Crippen LogP contribution is -2.33. The van der Waals surface area contributed by atoms with E-state index in [2.05, 4.69) is 22.2 Å². The van der Waals surface area contributed by atoms with Gasteiger partial charge < -0.3 is 15.3 Å². The average molecular weight is 284 g/mol. The number of aromatic carboxylic acids is 1. The van der Waals surface area contributed by atoms with Gasteiger partial charge in [0.05, 0.1) is 0 Å². The Morgan fingerprint density at radius 2 is 2.21 bits per heavy atom. The van der Waals surface area contributed by atoms with E-state index in [0.29, 0.717) is 16.9 Å². The van der Waals surface area contributed by atoms with Crippen LogP contribution in [-0.2, 0) is 0 Å². The zero-order valence-electron chi connectivity index (χ0n) is 10.9. The molecule has 2 heterocycles. The first-order valence-corrected chi connectivity index (χ1v) is 6.76. The topological polar surface area (TPSA) is 65.5 Å². The summed E-state index contributed by atoms with van der Waals surface area (Å²) < 4.78 is 0. The Bertz CT molecular complexity index is 459. The average Bonchev–Trinajstić information content (AvgIpc) is 2.38. The molecule has 5 nitrogen and oxygen atoms in total. The Balaban J connectivity index is 1.98. The molecular weight excluding hydrogens is 266 g/mol. The molecule has 0 atom stereocenters. The van der Waals surface area contributed by atoms with E-state index in [9.17, 15) is 4.79 Å². The molecular formula is C13H18ClN3O2. The molecule has 0 amide bonds. The Kier molecular flexibility index (Phi) is 4.61. The number of halogens is 1. The number of carbonyl (C=O) groups is 1. The highest BCUT2D eigenvalue weighted by molar-refractivity contribution is 6.29. The second-order valence-electron chi connectivity index (χ2n) is 4.96. The lowest BCUT2D eigenvalue weighted by atomic mass is 9.97. The second kappa shape index (κ2) is 6.21. The number of hydrogen-bond donors (Lipinski definition) is 2. The molecule has 0 spiro atoms. The van der Waals surface area contributed by atoms with Crippen LogP contribution in [0.1, 0.15) is 23.2 Å². The minimum absolute atomic E-state index is 0.164. The number of aromatic nitrogens is 1. The van der Waals surface area contributed by atoms with Gasteiger partial charge in [0.25, 0.3) is 0 Å². The van der Waals surface area contributed by atoms with Crippen LogP contribution in [-0.4, -0.2) is 47.6 Å². The molecule has 0 bridgehead atoms. The lowest BCUT2D eigenvalue weighted by molar-refractivity contribution is 0.0697. The van der Waals surface area contributed by atoms with Crippen molar-refractivity contribution in [3.05, 3.63) is 22.8 Å². The smallest absolute Gasteiger partial charge is 0.339 e. The third-order valence-corrected chi connectivity index (χ3v) is 3.70. The quantitative estimate of drug-likeness (QED) is 0.829. The number of nitrogens with zero attached hydrogens (tertiary/aromatic N) is 2. The van der Waals surface area contributed by atoms with Gasteiger partial charge in [0, 0.05) is 6.54 Å². The maximum Gasteiger partial charge on any atom is 0.339 e. The number of pyridine rings is 1. The van der Waals surface area contributed by atoms with Gasteiger partial charge in [-0.1, -0.05) is 11.6 Å². The third kappa shape index (κ3) is 3.81. The van der Waals surface area contributed by atoms with Gasteiger partial charge in [0.15, 0.2) is 0 Å². The zero-order chi connectivity index (χ0) is 13.8. The summed E-state index contributed by atoms with van der Waals surface area (Å²) in [6.45, 7) is 2.91.